The van der Waals surface area contributed by atoms with Gasteiger partial charge in [-0.1, -0.05) is 12.1 Å². The Labute approximate surface area is 92.3 Å². The molecule has 0 amide bonds. The molecule has 2 aromatic rings. The van der Waals surface area contributed by atoms with Gasteiger partial charge in [0.25, 0.3) is 0 Å². The lowest BCUT2D eigenvalue weighted by Gasteiger charge is -2.10. The number of aliphatic hydroxyl groups excluding tert-OH is 2. The summed E-state index contributed by atoms with van der Waals surface area (Å²) in [5, 5.41) is 18.6. The second kappa shape index (κ2) is 4.42. The topological polar surface area (TPSA) is 75.5 Å². The van der Waals surface area contributed by atoms with E-state index in [2.05, 4.69) is 9.97 Å². The zero-order chi connectivity index (χ0) is 11.5. The molecule has 16 heavy (non-hydrogen) atoms. The SMILES string of the molecule is COc1cnc2cccc([C@@H](O)CO)c2n1. The summed E-state index contributed by atoms with van der Waals surface area (Å²) < 4.78 is 4.97. The van der Waals surface area contributed by atoms with Crippen LogP contribution in [0.1, 0.15) is 11.7 Å². The van der Waals surface area contributed by atoms with E-state index < -0.39 is 6.10 Å². The van der Waals surface area contributed by atoms with Crippen molar-refractivity contribution in [3.05, 3.63) is 30.0 Å². The molecule has 0 bridgehead atoms. The van der Waals surface area contributed by atoms with Crippen LogP contribution < -0.4 is 4.74 Å². The van der Waals surface area contributed by atoms with Gasteiger partial charge in [0.15, 0.2) is 0 Å². The summed E-state index contributed by atoms with van der Waals surface area (Å²) in [5.74, 6) is 0.380. The molecule has 1 aromatic carbocycles. The van der Waals surface area contributed by atoms with Crippen molar-refractivity contribution in [2.24, 2.45) is 0 Å². The normalized spacial score (nSPS) is 12.7. The van der Waals surface area contributed by atoms with Crippen LogP contribution in [0.2, 0.25) is 0 Å². The van der Waals surface area contributed by atoms with Gasteiger partial charge in [-0.15, -0.1) is 0 Å². The van der Waals surface area contributed by atoms with Crippen LogP contribution in [0.3, 0.4) is 0 Å². The predicted octanol–water partition coefficient (Wildman–Crippen LogP) is 0.664. The van der Waals surface area contributed by atoms with Crippen LogP contribution in [0.4, 0.5) is 0 Å². The summed E-state index contributed by atoms with van der Waals surface area (Å²) >= 11 is 0. The molecule has 84 valence electrons. The van der Waals surface area contributed by atoms with Gasteiger partial charge in [0.05, 0.1) is 30.9 Å². The molecule has 0 aliphatic heterocycles. The van der Waals surface area contributed by atoms with E-state index in [1.54, 1.807) is 18.2 Å². The number of hydrogen-bond donors (Lipinski definition) is 2. The molecule has 0 radical (unpaired) electrons. The average Bonchev–Trinajstić information content (AvgIpc) is 2.36. The lowest BCUT2D eigenvalue weighted by atomic mass is 10.1. The number of methoxy groups -OCH3 is 1. The maximum absolute atomic E-state index is 9.63. The second-order valence-corrected chi connectivity index (χ2v) is 3.33. The number of para-hydroxylation sites is 1. The Morgan fingerprint density at radius 3 is 2.94 bits per heavy atom. The molecule has 1 heterocycles. The summed E-state index contributed by atoms with van der Waals surface area (Å²) in [4.78, 5) is 8.36. The molecule has 2 N–H and O–H groups in total. The Kier molecular flexibility index (Phi) is 2.98. The fourth-order valence-corrected chi connectivity index (χ4v) is 1.50. The largest absolute Gasteiger partial charge is 0.480 e. The molecule has 1 atom stereocenters. The summed E-state index contributed by atoms with van der Waals surface area (Å²) in [7, 11) is 1.50. The van der Waals surface area contributed by atoms with Gasteiger partial charge >= 0.3 is 0 Å². The highest BCUT2D eigenvalue weighted by Crippen LogP contribution is 2.22. The molecular formula is C11H12N2O3. The van der Waals surface area contributed by atoms with Gasteiger partial charge in [-0.05, 0) is 6.07 Å². The highest BCUT2D eigenvalue weighted by atomic mass is 16.5. The summed E-state index contributed by atoms with van der Waals surface area (Å²) in [5.41, 5.74) is 1.75. The molecule has 1 aromatic heterocycles. The van der Waals surface area contributed by atoms with Crippen LogP contribution in [-0.4, -0.2) is 33.9 Å². The fraction of sp³-hybridized carbons (Fsp3) is 0.273. The summed E-state index contributed by atoms with van der Waals surface area (Å²) in [6.45, 7) is -0.349. The van der Waals surface area contributed by atoms with Gasteiger partial charge in [-0.25, -0.2) is 9.97 Å². The van der Waals surface area contributed by atoms with E-state index in [-0.39, 0.29) is 6.61 Å². The summed E-state index contributed by atoms with van der Waals surface area (Å²) in [6.07, 6.45) is 0.558. The molecule has 0 spiro atoms. The van der Waals surface area contributed by atoms with Crippen LogP contribution in [-0.2, 0) is 0 Å². The van der Waals surface area contributed by atoms with Gasteiger partial charge in [0.1, 0.15) is 6.10 Å². The first kappa shape index (κ1) is 10.8. The quantitative estimate of drug-likeness (QED) is 0.794. The van der Waals surface area contributed by atoms with Crippen LogP contribution in [0.5, 0.6) is 5.88 Å². The average molecular weight is 220 g/mol. The molecule has 0 fully saturated rings. The molecule has 0 unspecified atom stereocenters. The third-order valence-corrected chi connectivity index (χ3v) is 2.32. The van der Waals surface area contributed by atoms with Gasteiger partial charge < -0.3 is 14.9 Å². The molecule has 0 saturated heterocycles. The monoisotopic (exact) mass is 220 g/mol. The van der Waals surface area contributed by atoms with E-state index in [4.69, 9.17) is 9.84 Å². The zero-order valence-electron chi connectivity index (χ0n) is 8.79. The van der Waals surface area contributed by atoms with Gasteiger partial charge in [0.2, 0.25) is 5.88 Å². The number of ether oxygens (including phenoxy) is 1. The minimum atomic E-state index is -0.954. The molecule has 5 heteroatoms. The smallest absolute Gasteiger partial charge is 0.232 e. The van der Waals surface area contributed by atoms with Crippen molar-refractivity contribution >= 4 is 11.0 Å². The van der Waals surface area contributed by atoms with Gasteiger partial charge in [-0.3, -0.25) is 0 Å². The molecule has 0 aliphatic carbocycles. The Bertz CT molecular complexity index is 502. The number of hydrogen-bond acceptors (Lipinski definition) is 5. The first-order valence-electron chi connectivity index (χ1n) is 4.85. The minimum Gasteiger partial charge on any atom is -0.480 e. The van der Waals surface area contributed by atoms with Crippen molar-refractivity contribution in [1.29, 1.82) is 0 Å². The van der Waals surface area contributed by atoms with Crippen molar-refractivity contribution in [3.63, 3.8) is 0 Å². The number of aliphatic hydroxyl groups is 2. The third kappa shape index (κ3) is 1.82. The zero-order valence-corrected chi connectivity index (χ0v) is 8.79. The van der Waals surface area contributed by atoms with E-state index in [0.717, 1.165) is 0 Å². The Hall–Kier alpha value is -1.72. The number of nitrogens with zero attached hydrogens (tertiary/aromatic N) is 2. The summed E-state index contributed by atoms with van der Waals surface area (Å²) in [6, 6.07) is 5.25. The van der Waals surface area contributed by atoms with Crippen molar-refractivity contribution in [2.45, 2.75) is 6.10 Å². The van der Waals surface area contributed by atoms with E-state index in [0.29, 0.717) is 22.5 Å². The van der Waals surface area contributed by atoms with Crippen LogP contribution in [0, 0.1) is 0 Å². The number of aromatic nitrogens is 2. The lowest BCUT2D eigenvalue weighted by molar-refractivity contribution is 0.0965. The third-order valence-electron chi connectivity index (χ3n) is 2.32. The van der Waals surface area contributed by atoms with E-state index in [1.807, 2.05) is 0 Å². The first-order chi connectivity index (χ1) is 7.76. The van der Waals surface area contributed by atoms with E-state index >= 15 is 0 Å². The molecule has 5 nitrogen and oxygen atoms in total. The first-order valence-corrected chi connectivity index (χ1v) is 4.85. The standard InChI is InChI=1S/C11H12N2O3/c1-16-10-5-12-8-4-2-3-7(9(15)6-14)11(8)13-10/h2-5,9,14-15H,6H2,1H3/t9-/m0/s1. The van der Waals surface area contributed by atoms with Crippen molar-refractivity contribution in [3.8, 4) is 5.88 Å². The van der Waals surface area contributed by atoms with Crippen LogP contribution in [0.15, 0.2) is 24.4 Å². The molecule has 0 aliphatic rings. The maximum atomic E-state index is 9.63. The molecule has 2 rings (SSSR count). The Balaban J connectivity index is 2.64. The number of benzene rings is 1. The molecular weight excluding hydrogens is 208 g/mol. The fourth-order valence-electron chi connectivity index (χ4n) is 1.50. The van der Waals surface area contributed by atoms with Crippen molar-refractivity contribution in [1.82, 2.24) is 9.97 Å². The highest BCUT2D eigenvalue weighted by Gasteiger charge is 2.12. The van der Waals surface area contributed by atoms with Crippen LogP contribution in [0.25, 0.3) is 11.0 Å². The lowest BCUT2D eigenvalue weighted by Crippen LogP contribution is -2.04. The van der Waals surface area contributed by atoms with Crippen molar-refractivity contribution in [2.75, 3.05) is 13.7 Å². The van der Waals surface area contributed by atoms with E-state index in [9.17, 15) is 5.11 Å². The highest BCUT2D eigenvalue weighted by molar-refractivity contribution is 5.78. The van der Waals surface area contributed by atoms with Gasteiger partial charge in [0, 0.05) is 5.56 Å². The minimum absolute atomic E-state index is 0.349. The van der Waals surface area contributed by atoms with Crippen LogP contribution >= 0.6 is 0 Å². The van der Waals surface area contributed by atoms with Crippen molar-refractivity contribution < 1.29 is 14.9 Å². The van der Waals surface area contributed by atoms with E-state index in [1.165, 1.54) is 13.3 Å². The Morgan fingerprint density at radius 1 is 1.44 bits per heavy atom. The number of fused-ring (bicyclic) bond motifs is 1. The number of rotatable bonds is 3. The Morgan fingerprint density at radius 2 is 2.25 bits per heavy atom. The maximum Gasteiger partial charge on any atom is 0.232 e. The molecule has 0 saturated carbocycles. The predicted molar refractivity (Wildman–Crippen MR) is 58.1 cm³/mol. The second-order valence-electron chi connectivity index (χ2n) is 3.33. The van der Waals surface area contributed by atoms with Gasteiger partial charge in [-0.2, -0.15) is 0 Å².